The lowest BCUT2D eigenvalue weighted by molar-refractivity contribution is -0.126. The van der Waals surface area contributed by atoms with Crippen molar-refractivity contribution in [2.45, 2.75) is 52.1 Å². The van der Waals surface area contributed by atoms with E-state index in [1.165, 1.54) is 5.56 Å². The predicted octanol–water partition coefficient (Wildman–Crippen LogP) is 2.87. The van der Waals surface area contributed by atoms with Gasteiger partial charge in [0.25, 0.3) is 0 Å². The van der Waals surface area contributed by atoms with Crippen LogP contribution in [0, 0.1) is 5.92 Å². The van der Waals surface area contributed by atoms with Crippen molar-refractivity contribution < 1.29 is 4.79 Å². The SMILES string of the molecule is CC(N)C(C)C(=O)NC(C)C(C)(C)c1ccccc1.Cl. The molecule has 0 fully saturated rings. The van der Waals surface area contributed by atoms with Gasteiger partial charge in [-0.25, -0.2) is 0 Å². The molecule has 0 radical (unpaired) electrons. The summed E-state index contributed by atoms with van der Waals surface area (Å²) in [6.07, 6.45) is 0. The van der Waals surface area contributed by atoms with Gasteiger partial charge < -0.3 is 11.1 Å². The molecule has 4 heteroatoms. The quantitative estimate of drug-likeness (QED) is 0.878. The molecule has 0 saturated heterocycles. The van der Waals surface area contributed by atoms with Crippen molar-refractivity contribution in [2.24, 2.45) is 11.7 Å². The number of benzene rings is 1. The molecular formula is C16H27ClN2O. The highest BCUT2D eigenvalue weighted by Crippen LogP contribution is 2.27. The second-order valence-electron chi connectivity index (χ2n) is 5.97. The molecule has 0 saturated carbocycles. The van der Waals surface area contributed by atoms with Gasteiger partial charge in [0.05, 0.1) is 0 Å². The normalized spacial score (nSPS) is 15.7. The summed E-state index contributed by atoms with van der Waals surface area (Å²) >= 11 is 0. The Labute approximate surface area is 128 Å². The summed E-state index contributed by atoms with van der Waals surface area (Å²) in [5, 5.41) is 3.08. The van der Waals surface area contributed by atoms with Gasteiger partial charge in [0.1, 0.15) is 0 Å². The maximum atomic E-state index is 12.1. The van der Waals surface area contributed by atoms with Gasteiger partial charge in [-0.15, -0.1) is 12.4 Å². The molecule has 0 bridgehead atoms. The molecule has 3 unspecified atom stereocenters. The van der Waals surface area contributed by atoms with Gasteiger partial charge in [-0.05, 0) is 19.4 Å². The first-order chi connectivity index (χ1) is 8.76. The zero-order valence-corrected chi connectivity index (χ0v) is 13.8. The average Bonchev–Trinajstić information content (AvgIpc) is 2.38. The Hall–Kier alpha value is -1.06. The second-order valence-corrected chi connectivity index (χ2v) is 5.97. The molecule has 0 spiro atoms. The first-order valence-electron chi connectivity index (χ1n) is 6.88. The molecule has 1 rings (SSSR count). The Morgan fingerprint density at radius 2 is 1.65 bits per heavy atom. The highest BCUT2D eigenvalue weighted by molar-refractivity contribution is 5.85. The van der Waals surface area contributed by atoms with Crippen molar-refractivity contribution in [3.63, 3.8) is 0 Å². The number of carbonyl (C=O) groups excluding carboxylic acids is 1. The molecule has 114 valence electrons. The highest BCUT2D eigenvalue weighted by atomic mass is 35.5. The van der Waals surface area contributed by atoms with Crippen LogP contribution in [0.25, 0.3) is 0 Å². The van der Waals surface area contributed by atoms with Crippen molar-refractivity contribution in [3.8, 4) is 0 Å². The molecule has 0 heterocycles. The number of halogens is 1. The lowest BCUT2D eigenvalue weighted by Crippen LogP contribution is -2.49. The largest absolute Gasteiger partial charge is 0.352 e. The van der Waals surface area contributed by atoms with Crippen LogP contribution < -0.4 is 11.1 Å². The fourth-order valence-corrected chi connectivity index (χ4v) is 1.88. The van der Waals surface area contributed by atoms with Crippen molar-refractivity contribution in [1.29, 1.82) is 0 Å². The maximum absolute atomic E-state index is 12.1. The molecule has 3 N–H and O–H groups in total. The number of hydrogen-bond donors (Lipinski definition) is 2. The van der Waals surface area contributed by atoms with E-state index in [1.807, 2.05) is 39.0 Å². The van der Waals surface area contributed by atoms with E-state index < -0.39 is 0 Å². The third kappa shape index (κ3) is 4.50. The first kappa shape index (κ1) is 18.9. The summed E-state index contributed by atoms with van der Waals surface area (Å²) < 4.78 is 0. The predicted molar refractivity (Wildman–Crippen MR) is 87.1 cm³/mol. The number of nitrogens with one attached hydrogen (secondary N) is 1. The Bertz CT molecular complexity index is 418. The van der Waals surface area contributed by atoms with Crippen LogP contribution in [0.3, 0.4) is 0 Å². The number of rotatable bonds is 5. The van der Waals surface area contributed by atoms with E-state index in [4.69, 9.17) is 5.73 Å². The monoisotopic (exact) mass is 298 g/mol. The Morgan fingerprint density at radius 1 is 1.15 bits per heavy atom. The van der Waals surface area contributed by atoms with Gasteiger partial charge >= 0.3 is 0 Å². The fourth-order valence-electron chi connectivity index (χ4n) is 1.88. The fraction of sp³-hybridized carbons (Fsp3) is 0.562. The molecule has 0 aliphatic heterocycles. The lowest BCUT2D eigenvalue weighted by atomic mass is 9.78. The summed E-state index contributed by atoms with van der Waals surface area (Å²) in [6.45, 7) is 10.0. The summed E-state index contributed by atoms with van der Waals surface area (Å²) in [7, 11) is 0. The van der Waals surface area contributed by atoms with E-state index in [1.54, 1.807) is 0 Å². The van der Waals surface area contributed by atoms with Crippen LogP contribution in [-0.4, -0.2) is 18.0 Å². The summed E-state index contributed by atoms with van der Waals surface area (Å²) in [5.41, 5.74) is 6.87. The van der Waals surface area contributed by atoms with Gasteiger partial charge in [-0.2, -0.15) is 0 Å². The van der Waals surface area contributed by atoms with Crippen LogP contribution in [0.5, 0.6) is 0 Å². The Balaban J connectivity index is 0.00000361. The summed E-state index contributed by atoms with van der Waals surface area (Å²) in [5.74, 6) is -0.152. The highest BCUT2D eigenvalue weighted by Gasteiger charge is 2.30. The Kier molecular flexibility index (Phi) is 7.25. The molecule has 3 nitrogen and oxygen atoms in total. The van der Waals surface area contributed by atoms with Crippen LogP contribution >= 0.6 is 12.4 Å². The third-order valence-electron chi connectivity index (χ3n) is 4.16. The molecular weight excluding hydrogens is 272 g/mol. The molecule has 0 aliphatic carbocycles. The first-order valence-corrected chi connectivity index (χ1v) is 6.88. The molecule has 0 aliphatic rings. The van der Waals surface area contributed by atoms with Crippen molar-refractivity contribution in [3.05, 3.63) is 35.9 Å². The van der Waals surface area contributed by atoms with E-state index in [9.17, 15) is 4.79 Å². The molecule has 20 heavy (non-hydrogen) atoms. The van der Waals surface area contributed by atoms with Gasteiger partial charge in [0.2, 0.25) is 5.91 Å². The smallest absolute Gasteiger partial charge is 0.224 e. The third-order valence-corrected chi connectivity index (χ3v) is 4.16. The number of hydrogen-bond acceptors (Lipinski definition) is 2. The number of amides is 1. The number of carbonyl (C=O) groups is 1. The van der Waals surface area contributed by atoms with Gasteiger partial charge in [-0.1, -0.05) is 51.1 Å². The molecule has 1 aromatic rings. The standard InChI is InChI=1S/C16H26N2O.ClH/c1-11(12(2)17)15(19)18-13(3)16(4,5)14-9-7-6-8-10-14;/h6-13H,17H2,1-5H3,(H,18,19);1H. The molecule has 1 amide bonds. The van der Waals surface area contributed by atoms with E-state index in [-0.39, 0.29) is 41.7 Å². The van der Waals surface area contributed by atoms with Gasteiger partial charge in [-0.3, -0.25) is 4.79 Å². The van der Waals surface area contributed by atoms with Crippen molar-refractivity contribution in [2.75, 3.05) is 0 Å². The zero-order valence-electron chi connectivity index (χ0n) is 13.0. The number of nitrogens with two attached hydrogens (primary N) is 1. The van der Waals surface area contributed by atoms with Gasteiger partial charge in [0.15, 0.2) is 0 Å². The van der Waals surface area contributed by atoms with Crippen LogP contribution in [0.2, 0.25) is 0 Å². The van der Waals surface area contributed by atoms with E-state index in [2.05, 4.69) is 31.3 Å². The van der Waals surface area contributed by atoms with Crippen LogP contribution in [-0.2, 0) is 10.2 Å². The summed E-state index contributed by atoms with van der Waals surface area (Å²) in [4.78, 5) is 12.1. The van der Waals surface area contributed by atoms with E-state index in [0.29, 0.717) is 0 Å². The topological polar surface area (TPSA) is 55.1 Å². The second kappa shape index (κ2) is 7.65. The van der Waals surface area contributed by atoms with Crippen LogP contribution in [0.4, 0.5) is 0 Å². The van der Waals surface area contributed by atoms with Crippen LogP contribution in [0.15, 0.2) is 30.3 Å². The molecule has 1 aromatic carbocycles. The molecule has 3 atom stereocenters. The molecule has 0 aromatic heterocycles. The summed E-state index contributed by atoms with van der Waals surface area (Å²) in [6, 6.07) is 10.2. The van der Waals surface area contributed by atoms with Crippen LogP contribution in [0.1, 0.15) is 40.2 Å². The maximum Gasteiger partial charge on any atom is 0.224 e. The zero-order chi connectivity index (χ0) is 14.6. The van der Waals surface area contributed by atoms with Gasteiger partial charge in [0, 0.05) is 23.4 Å². The lowest BCUT2D eigenvalue weighted by Gasteiger charge is -2.34. The van der Waals surface area contributed by atoms with Crippen molar-refractivity contribution >= 4 is 18.3 Å². The van der Waals surface area contributed by atoms with E-state index in [0.717, 1.165) is 0 Å². The van der Waals surface area contributed by atoms with E-state index >= 15 is 0 Å². The average molecular weight is 299 g/mol. The minimum absolute atomic E-state index is 0. The minimum atomic E-state index is -0.172. The van der Waals surface area contributed by atoms with Crippen molar-refractivity contribution in [1.82, 2.24) is 5.32 Å². The minimum Gasteiger partial charge on any atom is -0.352 e. The Morgan fingerprint density at radius 3 is 2.10 bits per heavy atom.